The third-order valence-electron chi connectivity index (χ3n) is 3.32. The highest BCUT2D eigenvalue weighted by molar-refractivity contribution is 5.66. The van der Waals surface area contributed by atoms with Gasteiger partial charge in [-0.05, 0) is 34.6 Å². The second kappa shape index (κ2) is 6.08. The minimum atomic E-state index is -0.740. The Kier molecular flexibility index (Phi) is 4.77. The lowest BCUT2D eigenvalue weighted by atomic mass is 10.1. The largest absolute Gasteiger partial charge is 0.447 e. The number of nitrogens with one attached hydrogen (secondary N) is 1. The zero-order valence-corrected chi connectivity index (χ0v) is 13.3. The number of carbonyl (C=O) groups is 1. The van der Waals surface area contributed by atoms with Crippen molar-refractivity contribution in [3.05, 3.63) is 0 Å². The number of hydrogen-bond acceptors (Lipinski definition) is 6. The van der Waals surface area contributed by atoms with Crippen LogP contribution in [0.3, 0.4) is 0 Å². The number of alkyl carbamates (subject to hydrolysis) is 1. The zero-order chi connectivity index (χ0) is 15.7. The van der Waals surface area contributed by atoms with Gasteiger partial charge in [0.15, 0.2) is 11.6 Å². The number of ether oxygens (including phenoxy) is 5. The molecule has 2 saturated heterocycles. The summed E-state index contributed by atoms with van der Waals surface area (Å²) in [5.74, 6) is -1.37. The Morgan fingerprint density at radius 1 is 1.19 bits per heavy atom. The molecule has 2 rings (SSSR count). The highest BCUT2D eigenvalue weighted by atomic mass is 16.8. The molecule has 1 N–H and O–H groups in total. The van der Waals surface area contributed by atoms with Crippen molar-refractivity contribution in [3.8, 4) is 0 Å². The van der Waals surface area contributed by atoms with Gasteiger partial charge in [0.05, 0.1) is 6.61 Å². The van der Waals surface area contributed by atoms with Gasteiger partial charge in [0.2, 0.25) is 0 Å². The molecule has 0 aromatic heterocycles. The van der Waals surface area contributed by atoms with E-state index < -0.39 is 17.7 Å². The van der Waals surface area contributed by atoms with E-state index in [1.807, 2.05) is 34.6 Å². The van der Waals surface area contributed by atoms with Crippen molar-refractivity contribution < 1.29 is 28.5 Å². The Bertz CT molecular complexity index is 384. The van der Waals surface area contributed by atoms with Gasteiger partial charge >= 0.3 is 6.09 Å². The van der Waals surface area contributed by atoms with Gasteiger partial charge in [-0.25, -0.2) is 4.79 Å². The van der Waals surface area contributed by atoms with E-state index in [4.69, 9.17) is 23.7 Å². The molecule has 0 aromatic rings. The molecule has 2 fully saturated rings. The van der Waals surface area contributed by atoms with Crippen molar-refractivity contribution >= 4 is 6.09 Å². The fraction of sp³-hybridized carbons (Fsp3) is 0.929. The van der Waals surface area contributed by atoms with E-state index in [0.29, 0.717) is 13.2 Å². The fourth-order valence-corrected chi connectivity index (χ4v) is 2.54. The number of amides is 1. The van der Waals surface area contributed by atoms with Crippen LogP contribution in [0.4, 0.5) is 4.79 Å². The molecule has 1 amide bonds. The van der Waals surface area contributed by atoms with Crippen LogP contribution in [0.1, 0.15) is 34.6 Å². The molecule has 0 aromatic carbocycles. The fourth-order valence-electron chi connectivity index (χ4n) is 2.54. The normalized spacial score (nSPS) is 33.9. The smallest absolute Gasteiger partial charge is 0.407 e. The first-order chi connectivity index (χ1) is 9.72. The Morgan fingerprint density at radius 3 is 2.48 bits per heavy atom. The Balaban J connectivity index is 1.95. The molecule has 0 aliphatic carbocycles. The highest BCUT2D eigenvalue weighted by Gasteiger charge is 2.50. The molecule has 7 heteroatoms. The van der Waals surface area contributed by atoms with Crippen LogP contribution in [0.5, 0.6) is 0 Å². The predicted molar refractivity (Wildman–Crippen MR) is 73.8 cm³/mol. The monoisotopic (exact) mass is 303 g/mol. The van der Waals surface area contributed by atoms with E-state index in [1.54, 1.807) is 0 Å². The van der Waals surface area contributed by atoms with E-state index in [2.05, 4.69) is 5.32 Å². The van der Waals surface area contributed by atoms with Crippen LogP contribution in [0.25, 0.3) is 0 Å². The van der Waals surface area contributed by atoms with Crippen LogP contribution in [-0.4, -0.2) is 55.7 Å². The van der Waals surface area contributed by atoms with Crippen LogP contribution in [0.15, 0.2) is 0 Å². The SMILES string of the molecule is CCNC(=O)OC[C@@H]1OC(C)(C)O[C@H]1[C@H]1COC(C)(C)O1. The summed E-state index contributed by atoms with van der Waals surface area (Å²) in [5.41, 5.74) is 0. The van der Waals surface area contributed by atoms with Crippen LogP contribution >= 0.6 is 0 Å². The molecule has 0 spiro atoms. The van der Waals surface area contributed by atoms with E-state index in [9.17, 15) is 4.79 Å². The molecule has 0 unspecified atom stereocenters. The van der Waals surface area contributed by atoms with Crippen LogP contribution in [-0.2, 0) is 23.7 Å². The molecule has 2 aliphatic rings. The second-order valence-electron chi connectivity index (χ2n) is 6.13. The van der Waals surface area contributed by atoms with Gasteiger partial charge in [-0.3, -0.25) is 0 Å². The van der Waals surface area contributed by atoms with Crippen LogP contribution < -0.4 is 5.32 Å². The molecule has 0 saturated carbocycles. The number of hydrogen-bond donors (Lipinski definition) is 1. The van der Waals surface area contributed by atoms with Crippen molar-refractivity contribution in [2.45, 2.75) is 64.5 Å². The average molecular weight is 303 g/mol. The maximum absolute atomic E-state index is 11.4. The van der Waals surface area contributed by atoms with Crippen molar-refractivity contribution in [2.24, 2.45) is 0 Å². The van der Waals surface area contributed by atoms with Crippen molar-refractivity contribution in [1.82, 2.24) is 5.32 Å². The first kappa shape index (κ1) is 16.5. The average Bonchev–Trinajstić information content (AvgIpc) is 2.86. The molecule has 21 heavy (non-hydrogen) atoms. The van der Waals surface area contributed by atoms with Crippen molar-refractivity contribution in [2.75, 3.05) is 19.8 Å². The highest BCUT2D eigenvalue weighted by Crippen LogP contribution is 2.35. The van der Waals surface area contributed by atoms with E-state index in [0.717, 1.165) is 0 Å². The van der Waals surface area contributed by atoms with Gasteiger partial charge in [-0.2, -0.15) is 0 Å². The molecule has 7 nitrogen and oxygen atoms in total. The molecule has 0 bridgehead atoms. The lowest BCUT2D eigenvalue weighted by Gasteiger charge is -2.23. The summed E-state index contributed by atoms with van der Waals surface area (Å²) >= 11 is 0. The lowest BCUT2D eigenvalue weighted by molar-refractivity contribution is -0.175. The maximum atomic E-state index is 11.4. The van der Waals surface area contributed by atoms with E-state index >= 15 is 0 Å². The Hall–Kier alpha value is -0.890. The standard InChI is InChI=1S/C14H25NO6/c1-6-15-12(16)17-7-9-11(21-14(4,5)20-9)10-8-18-13(2,3)19-10/h9-11H,6-8H2,1-5H3,(H,15,16)/t9-,10+,11+/m0/s1. The topological polar surface area (TPSA) is 75.3 Å². The van der Waals surface area contributed by atoms with Gasteiger partial charge in [-0.1, -0.05) is 0 Å². The molecular formula is C14H25NO6. The summed E-state index contributed by atoms with van der Waals surface area (Å²) in [6.45, 7) is 10.2. The first-order valence-electron chi connectivity index (χ1n) is 7.30. The zero-order valence-electron chi connectivity index (χ0n) is 13.3. The molecule has 122 valence electrons. The molecule has 0 radical (unpaired) electrons. The summed E-state index contributed by atoms with van der Waals surface area (Å²) < 4.78 is 28.2. The Morgan fingerprint density at radius 2 is 1.90 bits per heavy atom. The van der Waals surface area contributed by atoms with Gasteiger partial charge < -0.3 is 29.0 Å². The first-order valence-corrected chi connectivity index (χ1v) is 7.30. The van der Waals surface area contributed by atoms with Gasteiger partial charge in [0.1, 0.15) is 24.9 Å². The Labute approximate surface area is 125 Å². The summed E-state index contributed by atoms with van der Waals surface area (Å²) in [6, 6.07) is 0. The molecular weight excluding hydrogens is 278 g/mol. The second-order valence-corrected chi connectivity index (χ2v) is 6.13. The van der Waals surface area contributed by atoms with E-state index in [1.165, 1.54) is 0 Å². The third-order valence-corrected chi connectivity index (χ3v) is 3.32. The van der Waals surface area contributed by atoms with Gasteiger partial charge in [0, 0.05) is 6.54 Å². The minimum absolute atomic E-state index is 0.111. The lowest BCUT2D eigenvalue weighted by Crippen LogP contribution is -2.41. The quantitative estimate of drug-likeness (QED) is 0.846. The number of carbonyl (C=O) groups excluding carboxylic acids is 1. The predicted octanol–water partition coefficient (Wildman–Crippen LogP) is 1.40. The third kappa shape index (κ3) is 4.29. The summed E-state index contributed by atoms with van der Waals surface area (Å²) in [6.07, 6.45) is -1.43. The van der Waals surface area contributed by atoms with Crippen LogP contribution in [0, 0.1) is 0 Å². The van der Waals surface area contributed by atoms with Crippen LogP contribution in [0.2, 0.25) is 0 Å². The van der Waals surface area contributed by atoms with Crippen molar-refractivity contribution in [3.63, 3.8) is 0 Å². The van der Waals surface area contributed by atoms with Crippen molar-refractivity contribution in [1.29, 1.82) is 0 Å². The minimum Gasteiger partial charge on any atom is -0.447 e. The molecule has 2 aliphatic heterocycles. The summed E-state index contributed by atoms with van der Waals surface area (Å²) in [5, 5.41) is 2.57. The summed E-state index contributed by atoms with van der Waals surface area (Å²) in [7, 11) is 0. The number of rotatable bonds is 4. The van der Waals surface area contributed by atoms with Gasteiger partial charge in [0.25, 0.3) is 0 Å². The van der Waals surface area contributed by atoms with Gasteiger partial charge in [-0.15, -0.1) is 0 Å². The maximum Gasteiger partial charge on any atom is 0.407 e. The summed E-state index contributed by atoms with van der Waals surface area (Å²) in [4.78, 5) is 11.4. The van der Waals surface area contributed by atoms with E-state index in [-0.39, 0.29) is 24.9 Å². The molecule has 3 atom stereocenters. The molecule has 2 heterocycles.